The van der Waals surface area contributed by atoms with Gasteiger partial charge in [-0.15, -0.1) is 5.10 Å². The highest BCUT2D eigenvalue weighted by atomic mass is 32.5. The predicted molar refractivity (Wildman–Crippen MR) is 292 cm³/mol. The van der Waals surface area contributed by atoms with Crippen LogP contribution >= 0.6 is 10.2 Å². The normalized spacial score (nSPS) is 22.5. The molecule has 3 atom stereocenters. The van der Waals surface area contributed by atoms with Crippen molar-refractivity contribution in [2.24, 2.45) is 35.5 Å². The Kier molecular flexibility index (Phi) is 15.7. The smallest absolute Gasteiger partial charge is 0.338 e. The van der Waals surface area contributed by atoms with Gasteiger partial charge in [0.1, 0.15) is 10.4 Å². The fourth-order valence-electron chi connectivity index (χ4n) is 11.9. The number of rotatable bonds is 12. The molecule has 428 valence electrons. The number of amides is 1. The molecule has 12 rings (SSSR count). The summed E-state index contributed by atoms with van der Waals surface area (Å²) in [4.78, 5) is 58.0. The first kappa shape index (κ1) is 56.3. The van der Waals surface area contributed by atoms with Gasteiger partial charge in [0.05, 0.1) is 30.4 Å². The fourth-order valence-corrected chi connectivity index (χ4v) is 12.5. The van der Waals surface area contributed by atoms with Crippen LogP contribution in [0, 0.1) is 35.5 Å². The number of carbonyl (C=O) groups excluding carboxylic acids is 2. The fraction of sp³-hybridized carbons (Fsp3) is 0.429. The number of aliphatic carboxylic acids is 1. The largest absolute Gasteiger partial charge is 0.481 e. The lowest BCUT2D eigenvalue weighted by molar-refractivity contribution is -0.152. The van der Waals surface area contributed by atoms with Crippen molar-refractivity contribution in [3.05, 3.63) is 133 Å². The van der Waals surface area contributed by atoms with Crippen LogP contribution < -0.4 is 10.2 Å². The molecule has 25 heteroatoms. The van der Waals surface area contributed by atoms with E-state index in [0.717, 1.165) is 117 Å². The molecule has 0 radical (unpaired) electrons. The zero-order valence-electron chi connectivity index (χ0n) is 44.8. The van der Waals surface area contributed by atoms with Crippen molar-refractivity contribution < 1.29 is 43.8 Å². The minimum absolute atomic E-state index is 0.0546. The van der Waals surface area contributed by atoms with Crippen LogP contribution in [0.15, 0.2) is 121 Å². The first-order valence-electron chi connectivity index (χ1n) is 27.3. The molecule has 3 aliphatic rings. The lowest BCUT2D eigenvalue weighted by Gasteiger charge is -2.40. The van der Waals surface area contributed by atoms with Crippen molar-refractivity contribution in [3.8, 4) is 0 Å². The average molecular weight is 1140 g/mol. The molecule has 0 spiro atoms. The first-order valence-corrected chi connectivity index (χ1v) is 29.3. The maximum absolute atomic E-state index is 12.8. The summed E-state index contributed by atoms with van der Waals surface area (Å²) in [5, 5.41) is 32.6. The lowest BCUT2D eigenvalue weighted by atomic mass is 9.75. The number of hydrogen-bond acceptors (Lipinski definition) is 13. The van der Waals surface area contributed by atoms with Gasteiger partial charge in [0.2, 0.25) is 11.6 Å². The van der Waals surface area contributed by atoms with Crippen molar-refractivity contribution >= 4 is 61.9 Å². The van der Waals surface area contributed by atoms with Crippen LogP contribution in [-0.2, 0) is 14.4 Å². The Morgan fingerprint density at radius 2 is 0.975 bits per heavy atom. The van der Waals surface area contributed by atoms with Crippen LogP contribution in [0.3, 0.4) is 0 Å². The van der Waals surface area contributed by atoms with E-state index in [2.05, 4.69) is 50.9 Å². The quantitative estimate of drug-likeness (QED) is 0.0857. The topological polar surface area (TPSA) is 227 Å². The maximum atomic E-state index is 12.8. The van der Waals surface area contributed by atoms with E-state index >= 15 is 0 Å². The number of halogens is 5. The molecule has 1 amide bonds. The third kappa shape index (κ3) is 12.8. The van der Waals surface area contributed by atoms with Crippen molar-refractivity contribution in [1.82, 2.24) is 63.9 Å². The molecule has 3 fully saturated rings. The minimum atomic E-state index is -9.72. The molecule has 0 bridgehead atoms. The Balaban J connectivity index is 0.000000140. The molecule has 1 aromatic carbocycles. The highest BCUT2D eigenvalue weighted by molar-refractivity contribution is 8.45. The molecule has 9 aromatic rings. The van der Waals surface area contributed by atoms with E-state index in [4.69, 9.17) is 9.94 Å². The Morgan fingerprint density at radius 3 is 1.41 bits per heavy atom. The van der Waals surface area contributed by atoms with Gasteiger partial charge in [0, 0.05) is 89.4 Å². The summed E-state index contributed by atoms with van der Waals surface area (Å²) in [5.41, 5.74) is 7.09. The standard InChI is InChI=1S/C21H23F5N4OS.C20H21N7O2.C15H19N3O2/c1-14(21(31)29-17-6-8-18(9-7-17)32(22,23,24,25)26)15-2-4-16(5-3-15)19-10-12-27-20-11-13-28-30(19)20;1-13(20(28)29-27-19-16(24-25-27)3-2-10-22-19)14-4-6-15(7-5-14)17-8-11-21-18-9-12-23-26(17)18;1-10(15(19)20)11-2-4-12(5-3-11)13-6-8-16-14-7-9-17-18(13)14/h6-16H,2-5H2,1H3,(H,29,31);2-3,8-15H,4-7H2,1H3;6-12H,2-5H2,1H3,(H,19,20)/t14-,15?,16?;13-,14?,15?;10-,11?,12?/m111/s1. The second-order valence-corrected chi connectivity index (χ2v) is 24.1. The molecular formula is C56H63F5N14O5S. The van der Waals surface area contributed by atoms with E-state index in [1.165, 1.54) is 11.4 Å². The van der Waals surface area contributed by atoms with Crippen molar-refractivity contribution in [1.29, 1.82) is 0 Å². The van der Waals surface area contributed by atoms with Crippen LogP contribution in [0.1, 0.15) is 133 Å². The molecule has 0 unspecified atom stereocenters. The predicted octanol–water partition coefficient (Wildman–Crippen LogP) is 12.1. The van der Waals surface area contributed by atoms with Gasteiger partial charge in [-0.2, -0.15) is 15.3 Å². The highest BCUT2D eigenvalue weighted by Crippen LogP contribution is 3.02. The van der Waals surface area contributed by atoms with Gasteiger partial charge in [-0.1, -0.05) is 40.2 Å². The minimum Gasteiger partial charge on any atom is -0.481 e. The van der Waals surface area contributed by atoms with Crippen LogP contribution in [0.25, 0.3) is 28.1 Å². The molecule has 3 aliphatic carbocycles. The van der Waals surface area contributed by atoms with E-state index in [9.17, 15) is 33.8 Å². The van der Waals surface area contributed by atoms with Crippen LogP contribution in [0.4, 0.5) is 25.1 Å². The Morgan fingerprint density at radius 1 is 0.543 bits per heavy atom. The van der Waals surface area contributed by atoms with E-state index in [1.54, 1.807) is 50.0 Å². The lowest BCUT2D eigenvalue weighted by Crippen LogP contribution is -2.32. The number of aromatic nitrogens is 13. The van der Waals surface area contributed by atoms with Crippen LogP contribution in [0.2, 0.25) is 0 Å². The van der Waals surface area contributed by atoms with Gasteiger partial charge < -0.3 is 15.3 Å². The number of carbonyl (C=O) groups is 3. The number of hydrogen-bond donors (Lipinski definition) is 2. The molecule has 0 aliphatic heterocycles. The number of pyridine rings is 1. The van der Waals surface area contributed by atoms with Gasteiger partial charge in [0.15, 0.2) is 16.9 Å². The number of carboxylic acids is 1. The number of benzene rings is 1. The van der Waals surface area contributed by atoms with Gasteiger partial charge in [0.25, 0.3) is 0 Å². The molecule has 19 nitrogen and oxygen atoms in total. The molecular weight excluding hydrogens is 1080 g/mol. The van der Waals surface area contributed by atoms with Gasteiger partial charge >= 0.3 is 22.2 Å². The summed E-state index contributed by atoms with van der Waals surface area (Å²) < 4.78 is 69.9. The Labute approximate surface area is 462 Å². The van der Waals surface area contributed by atoms with E-state index in [0.29, 0.717) is 47.0 Å². The third-order valence-electron chi connectivity index (χ3n) is 16.7. The number of nitrogens with zero attached hydrogens (tertiary/aromatic N) is 13. The number of nitrogens with one attached hydrogen (secondary N) is 1. The van der Waals surface area contributed by atoms with E-state index in [1.807, 2.05) is 76.2 Å². The van der Waals surface area contributed by atoms with Crippen molar-refractivity contribution in [2.45, 2.75) is 120 Å². The molecule has 8 heterocycles. The van der Waals surface area contributed by atoms with Gasteiger partial charge in [-0.05, 0) is 159 Å². The summed E-state index contributed by atoms with van der Waals surface area (Å²) in [7, 11) is -9.72. The van der Waals surface area contributed by atoms with E-state index in [-0.39, 0.29) is 47.2 Å². The third-order valence-corrected chi connectivity index (χ3v) is 17.9. The van der Waals surface area contributed by atoms with Crippen LogP contribution in [-0.4, -0.2) is 86.9 Å². The van der Waals surface area contributed by atoms with Crippen LogP contribution in [0.5, 0.6) is 0 Å². The summed E-state index contributed by atoms with van der Waals surface area (Å²) in [6.45, 7) is 5.53. The first-order chi connectivity index (χ1) is 38.7. The zero-order valence-corrected chi connectivity index (χ0v) is 45.7. The summed E-state index contributed by atoms with van der Waals surface area (Å²) in [6.07, 6.45) is 23.6. The highest BCUT2D eigenvalue weighted by Gasteiger charge is 2.65. The van der Waals surface area contributed by atoms with E-state index < -0.39 is 21.1 Å². The molecule has 81 heavy (non-hydrogen) atoms. The monoisotopic (exact) mass is 1140 g/mol. The SMILES string of the molecule is C[C@@H](C(=O)Nc1ccc(S(F)(F)(F)(F)F)cc1)C1CCC(c2ccnc3ccnn23)CC1.C[C@@H](C(=O)O)C1CCC(c2ccnc3ccnn23)CC1.C[C@@H](C(=O)On1nnc2cccnc21)C1CCC(c2ccnc3ccnn23)CC1. The molecule has 3 saturated carbocycles. The second-order valence-electron chi connectivity index (χ2n) is 21.7. The average Bonchev–Trinajstić information content (AvgIpc) is 4.37. The summed E-state index contributed by atoms with van der Waals surface area (Å²) >= 11 is 0. The summed E-state index contributed by atoms with van der Waals surface area (Å²) in [6, 6.07) is 17.6. The van der Waals surface area contributed by atoms with Crippen molar-refractivity contribution in [3.63, 3.8) is 0 Å². The van der Waals surface area contributed by atoms with Gasteiger partial charge in [-0.25, -0.2) is 38.3 Å². The second kappa shape index (κ2) is 22.5. The Bertz CT molecular complexity index is 3670. The molecule has 2 N–H and O–H groups in total. The molecule has 8 aromatic heterocycles. The van der Waals surface area contributed by atoms with Gasteiger partial charge in [-0.3, -0.25) is 9.59 Å². The Hall–Kier alpha value is -7.96. The number of anilines is 1. The molecule has 0 saturated heterocycles. The summed E-state index contributed by atoms with van der Waals surface area (Å²) in [5.74, 6) is -0.275. The maximum Gasteiger partial charge on any atom is 0.338 e. The number of fused-ring (bicyclic) bond motifs is 4. The zero-order chi connectivity index (χ0) is 57.1. The number of carboxylic acid groups (broad SMARTS) is 1. The van der Waals surface area contributed by atoms with Crippen molar-refractivity contribution in [2.75, 3.05) is 5.32 Å².